The molecule has 0 spiro atoms. The third kappa shape index (κ3) is 8.96. The van der Waals surface area contributed by atoms with Crippen molar-refractivity contribution in [2.75, 3.05) is 11.5 Å². The van der Waals surface area contributed by atoms with Crippen LogP contribution in [0.4, 0.5) is 28.9 Å². The highest BCUT2D eigenvalue weighted by Crippen LogP contribution is 2.38. The van der Waals surface area contributed by atoms with Gasteiger partial charge in [-0.2, -0.15) is 18.3 Å². The number of carboxylic acids is 1. The van der Waals surface area contributed by atoms with Gasteiger partial charge in [-0.15, -0.1) is 0 Å². The molecule has 0 saturated carbocycles. The summed E-state index contributed by atoms with van der Waals surface area (Å²) in [5.74, 6) is -2.67. The molecular weight excluding hydrogens is 570 g/mol. The molecule has 3 aromatic carbocycles. The number of nitrogens with zero attached hydrogens (tertiary/aromatic N) is 3. The maximum Gasteiger partial charge on any atom is 0.490 e. The number of nitrogens with two attached hydrogens (primary N) is 1. The van der Waals surface area contributed by atoms with E-state index in [0.717, 1.165) is 11.4 Å². The van der Waals surface area contributed by atoms with Crippen molar-refractivity contribution in [1.82, 2.24) is 9.78 Å². The third-order valence-electron chi connectivity index (χ3n) is 5.68. The zero-order chi connectivity index (χ0) is 31.7. The Hall–Kier alpha value is -5.07. The number of ether oxygens (including phenoxy) is 2. The summed E-state index contributed by atoms with van der Waals surface area (Å²) in [7, 11) is 0. The number of halogens is 4. The fourth-order valence-corrected chi connectivity index (χ4v) is 3.81. The number of alkyl halides is 3. The van der Waals surface area contributed by atoms with E-state index in [4.69, 9.17) is 35.6 Å². The van der Waals surface area contributed by atoms with Crippen LogP contribution in [-0.4, -0.2) is 45.6 Å². The molecule has 228 valence electrons. The number of benzene rings is 3. The maximum atomic E-state index is 15.9. The van der Waals surface area contributed by atoms with Crippen LogP contribution in [0.25, 0.3) is 5.69 Å². The Kier molecular flexibility index (Phi) is 10.7. The minimum Gasteiger partial charge on any atom is -0.494 e. The predicted molar refractivity (Wildman–Crippen MR) is 154 cm³/mol. The van der Waals surface area contributed by atoms with Gasteiger partial charge in [-0.25, -0.2) is 13.9 Å². The van der Waals surface area contributed by atoms with E-state index in [1.165, 1.54) is 0 Å². The van der Waals surface area contributed by atoms with Crippen molar-refractivity contribution in [3.63, 3.8) is 0 Å². The first-order chi connectivity index (χ1) is 20.3. The number of hydrogen-bond acceptors (Lipinski definition) is 6. The van der Waals surface area contributed by atoms with Gasteiger partial charge in [0.1, 0.15) is 11.6 Å². The molecule has 1 heterocycles. The Balaban J connectivity index is 0.000000646. The number of anilines is 2. The van der Waals surface area contributed by atoms with Crippen molar-refractivity contribution in [2.45, 2.75) is 39.6 Å². The van der Waals surface area contributed by atoms with Crippen molar-refractivity contribution in [3.8, 4) is 17.2 Å². The summed E-state index contributed by atoms with van der Waals surface area (Å²) in [6.07, 6.45) is -3.42. The Morgan fingerprint density at radius 3 is 2.26 bits per heavy atom. The number of rotatable bonds is 10. The minimum atomic E-state index is -5.08. The number of hydrogen-bond donors (Lipinski definition) is 3. The lowest BCUT2D eigenvalue weighted by molar-refractivity contribution is -0.192. The summed E-state index contributed by atoms with van der Waals surface area (Å²) in [5, 5.41) is 19.5. The smallest absolute Gasteiger partial charge is 0.490 e. The van der Waals surface area contributed by atoms with Crippen LogP contribution in [0.3, 0.4) is 0 Å². The minimum absolute atomic E-state index is 0.0353. The van der Waals surface area contributed by atoms with Crippen LogP contribution in [0, 0.1) is 11.2 Å². The van der Waals surface area contributed by atoms with Gasteiger partial charge in [0.2, 0.25) is 0 Å². The monoisotopic (exact) mass is 601 g/mol. The van der Waals surface area contributed by atoms with E-state index in [1.54, 1.807) is 41.1 Å². The Labute approximate surface area is 245 Å². The number of amidine groups is 1. The molecule has 1 aromatic heterocycles. The summed E-state index contributed by atoms with van der Waals surface area (Å²) < 4.78 is 60.9. The van der Waals surface area contributed by atoms with E-state index in [1.807, 2.05) is 68.3 Å². The Bertz CT molecular complexity index is 1520. The van der Waals surface area contributed by atoms with E-state index in [9.17, 15) is 13.2 Å². The maximum absolute atomic E-state index is 15.9. The lowest BCUT2D eigenvalue weighted by Crippen LogP contribution is -2.21. The highest BCUT2D eigenvalue weighted by atomic mass is 19.4. The normalized spacial score (nSPS) is 11.0. The molecular formula is C30H31F4N5O4. The molecule has 0 aliphatic carbocycles. The highest BCUT2D eigenvalue weighted by Gasteiger charge is 2.38. The second kappa shape index (κ2) is 14.2. The first-order valence-corrected chi connectivity index (χ1v) is 13.0. The van der Waals surface area contributed by atoms with Crippen molar-refractivity contribution < 1.29 is 36.9 Å². The number of nitrogen functional groups attached to an aromatic ring is 1. The first kappa shape index (κ1) is 32.4. The molecule has 0 aliphatic rings. The van der Waals surface area contributed by atoms with Gasteiger partial charge >= 0.3 is 12.1 Å². The van der Waals surface area contributed by atoms with Crippen molar-refractivity contribution in [3.05, 3.63) is 96.1 Å². The Morgan fingerprint density at radius 1 is 1.09 bits per heavy atom. The van der Waals surface area contributed by atoms with Crippen molar-refractivity contribution >= 4 is 23.2 Å². The number of carboxylic acid groups (broad SMARTS) is 1. The van der Waals surface area contributed by atoms with E-state index in [0.29, 0.717) is 29.3 Å². The van der Waals surface area contributed by atoms with Gasteiger partial charge in [0.25, 0.3) is 0 Å². The summed E-state index contributed by atoms with van der Waals surface area (Å²) in [6.45, 7) is 6.29. The van der Waals surface area contributed by atoms with E-state index >= 15 is 4.39 Å². The number of carbonyl (C=O) groups is 1. The standard InChI is InChI=1S/C28H30FN5O2.C2HF3O2/c1-4-35-24-16-25(27(29)26(17-24)36-19(2)3)33(22-12-10-20(11-13-22)28(30)31)18-21-14-15-34(32-21)23-8-6-5-7-9-23;3-2(4,5)1(6)7/h5-17,19H,4,18H2,1-3H3,(H3,30,31);(H,6,7). The van der Waals surface area contributed by atoms with Crippen LogP contribution in [0.5, 0.6) is 11.5 Å². The second-order valence-corrected chi connectivity index (χ2v) is 9.29. The number of para-hydroxylation sites is 1. The molecule has 0 amide bonds. The second-order valence-electron chi connectivity index (χ2n) is 9.29. The third-order valence-corrected chi connectivity index (χ3v) is 5.68. The average molecular weight is 602 g/mol. The summed E-state index contributed by atoms with van der Waals surface area (Å²) >= 11 is 0. The number of aliphatic carboxylic acids is 1. The van der Waals surface area contributed by atoms with E-state index in [-0.39, 0.29) is 24.2 Å². The van der Waals surface area contributed by atoms with Crippen LogP contribution < -0.4 is 20.1 Å². The van der Waals surface area contributed by atoms with Crippen LogP contribution >= 0.6 is 0 Å². The SMILES string of the molecule is CCOc1cc(OC(C)C)c(F)c(N(Cc2ccn(-c3ccccc3)n2)c2ccc(C(=N)N)cc2)c1.O=C(O)C(F)(F)F. The van der Waals surface area contributed by atoms with Gasteiger partial charge in [0.15, 0.2) is 11.6 Å². The van der Waals surface area contributed by atoms with Crippen LogP contribution in [0.2, 0.25) is 0 Å². The van der Waals surface area contributed by atoms with Gasteiger partial charge in [-0.3, -0.25) is 5.41 Å². The largest absolute Gasteiger partial charge is 0.494 e. The summed E-state index contributed by atoms with van der Waals surface area (Å²) in [4.78, 5) is 10.7. The molecule has 0 atom stereocenters. The quantitative estimate of drug-likeness (QED) is 0.108. The van der Waals surface area contributed by atoms with Gasteiger partial charge in [-0.05, 0) is 63.2 Å². The molecule has 4 rings (SSSR count). The molecule has 4 N–H and O–H groups in total. The van der Waals surface area contributed by atoms with Gasteiger partial charge in [0, 0.05) is 29.6 Å². The Morgan fingerprint density at radius 2 is 1.72 bits per heavy atom. The molecule has 43 heavy (non-hydrogen) atoms. The molecule has 4 aromatic rings. The molecule has 13 heteroatoms. The molecule has 0 unspecified atom stereocenters. The van der Waals surface area contributed by atoms with Crippen molar-refractivity contribution in [2.24, 2.45) is 5.73 Å². The highest BCUT2D eigenvalue weighted by molar-refractivity contribution is 5.95. The predicted octanol–water partition coefficient (Wildman–Crippen LogP) is 6.45. The van der Waals surface area contributed by atoms with E-state index in [2.05, 4.69) is 0 Å². The number of aromatic nitrogens is 2. The van der Waals surface area contributed by atoms with Crippen LogP contribution in [-0.2, 0) is 11.3 Å². The zero-order valence-corrected chi connectivity index (χ0v) is 23.6. The van der Waals surface area contributed by atoms with Gasteiger partial charge in [-0.1, -0.05) is 18.2 Å². The van der Waals surface area contributed by atoms with Crippen molar-refractivity contribution in [1.29, 1.82) is 5.41 Å². The van der Waals surface area contributed by atoms with Gasteiger partial charge in [0.05, 0.1) is 36.3 Å². The lowest BCUT2D eigenvalue weighted by Gasteiger charge is -2.27. The molecule has 0 bridgehead atoms. The molecule has 9 nitrogen and oxygen atoms in total. The van der Waals surface area contributed by atoms with Crippen LogP contribution in [0.15, 0.2) is 79.0 Å². The lowest BCUT2D eigenvalue weighted by atomic mass is 10.1. The average Bonchev–Trinajstić information content (AvgIpc) is 3.42. The zero-order valence-electron chi connectivity index (χ0n) is 23.6. The summed E-state index contributed by atoms with van der Waals surface area (Å²) in [5.41, 5.74) is 8.89. The molecule has 0 radical (unpaired) electrons. The topological polar surface area (TPSA) is 127 Å². The first-order valence-electron chi connectivity index (χ1n) is 13.0. The van der Waals surface area contributed by atoms with Gasteiger partial charge < -0.3 is 25.2 Å². The molecule has 0 aliphatic heterocycles. The summed E-state index contributed by atoms with van der Waals surface area (Å²) in [6, 6.07) is 22.0. The number of nitrogens with one attached hydrogen (secondary N) is 1. The molecule has 0 saturated heterocycles. The fraction of sp³-hybridized carbons (Fsp3) is 0.233. The van der Waals surface area contributed by atoms with Crippen LogP contribution in [0.1, 0.15) is 32.0 Å². The van der Waals surface area contributed by atoms with E-state index < -0.39 is 18.0 Å². The fourth-order valence-electron chi connectivity index (χ4n) is 3.81. The molecule has 0 fully saturated rings.